The van der Waals surface area contributed by atoms with Gasteiger partial charge < -0.3 is 15.4 Å². The maximum Gasteiger partial charge on any atom is 0.191 e. The predicted molar refractivity (Wildman–Crippen MR) is 104 cm³/mol. The highest BCUT2D eigenvalue weighted by atomic mass is 32.2. The summed E-state index contributed by atoms with van der Waals surface area (Å²) in [5.41, 5.74) is 1.33. The second kappa shape index (κ2) is 11.9. The quantitative estimate of drug-likeness (QED) is 0.352. The van der Waals surface area contributed by atoms with E-state index in [-0.39, 0.29) is 12.4 Å². The summed E-state index contributed by atoms with van der Waals surface area (Å²) in [7, 11) is -2.97. The van der Waals surface area contributed by atoms with E-state index in [0.29, 0.717) is 19.2 Å². The molecule has 2 N–H and O–H groups in total. The third kappa shape index (κ3) is 11.6. The highest BCUT2D eigenvalue weighted by molar-refractivity contribution is 7.90. The Hall–Kier alpha value is -1.60. The second-order valence-electron chi connectivity index (χ2n) is 6.07. The molecular weight excluding hydrogens is 338 g/mol. The largest absolute Gasteiger partial charge is 0.378 e. The van der Waals surface area contributed by atoms with Gasteiger partial charge in [-0.2, -0.15) is 0 Å². The Morgan fingerprint density at radius 1 is 1.24 bits per heavy atom. The lowest BCUT2D eigenvalue weighted by atomic mass is 10.1. The second-order valence-corrected chi connectivity index (χ2v) is 8.33. The maximum atomic E-state index is 11.0. The molecule has 1 atom stereocenters. The van der Waals surface area contributed by atoms with Crippen molar-refractivity contribution in [3.8, 4) is 0 Å². The molecule has 1 rings (SSSR count). The summed E-state index contributed by atoms with van der Waals surface area (Å²) in [6, 6.07) is 10.7. The van der Waals surface area contributed by atoms with Crippen LogP contribution >= 0.6 is 0 Å². The summed E-state index contributed by atoms with van der Waals surface area (Å²) in [4.78, 5) is 4.46. The molecule has 1 unspecified atom stereocenters. The molecule has 0 heterocycles. The molecule has 0 aliphatic heterocycles. The van der Waals surface area contributed by atoms with Gasteiger partial charge in [-0.05, 0) is 32.3 Å². The van der Waals surface area contributed by atoms with E-state index in [2.05, 4.69) is 46.8 Å². The first kappa shape index (κ1) is 21.4. The van der Waals surface area contributed by atoms with E-state index in [1.165, 1.54) is 11.8 Å². The molecule has 0 spiro atoms. The van der Waals surface area contributed by atoms with Crippen molar-refractivity contribution < 1.29 is 13.2 Å². The average molecular weight is 370 g/mol. The molecule has 0 aromatic heterocycles. The Labute approximate surface area is 152 Å². The first-order valence-corrected chi connectivity index (χ1v) is 10.8. The normalized spacial score (nSPS) is 13.5. The van der Waals surface area contributed by atoms with Crippen LogP contribution in [0.25, 0.3) is 0 Å². The van der Waals surface area contributed by atoms with Gasteiger partial charge in [0.15, 0.2) is 5.96 Å². The van der Waals surface area contributed by atoms with Crippen molar-refractivity contribution in [1.29, 1.82) is 0 Å². The van der Waals surface area contributed by atoms with Crippen LogP contribution in [0.3, 0.4) is 0 Å². The number of sulfone groups is 1. The van der Waals surface area contributed by atoms with Crippen LogP contribution < -0.4 is 10.6 Å². The van der Waals surface area contributed by atoms with Crippen molar-refractivity contribution in [2.24, 2.45) is 4.99 Å². The molecule has 0 aliphatic carbocycles. The molecule has 6 nitrogen and oxygen atoms in total. The van der Waals surface area contributed by atoms with Crippen LogP contribution in [0.1, 0.15) is 25.8 Å². The van der Waals surface area contributed by atoms with Gasteiger partial charge in [0.05, 0.1) is 25.5 Å². The van der Waals surface area contributed by atoms with Gasteiger partial charge in [0.2, 0.25) is 0 Å². The predicted octanol–water partition coefficient (Wildman–Crippen LogP) is 1.62. The van der Waals surface area contributed by atoms with Gasteiger partial charge in [-0.3, -0.25) is 4.99 Å². The van der Waals surface area contributed by atoms with E-state index in [9.17, 15) is 8.42 Å². The summed E-state index contributed by atoms with van der Waals surface area (Å²) in [5, 5.41) is 6.61. The Bertz CT molecular complexity index is 603. The molecule has 0 aliphatic rings. The zero-order chi connectivity index (χ0) is 18.5. The van der Waals surface area contributed by atoms with Crippen LogP contribution in [0.5, 0.6) is 0 Å². The fourth-order valence-corrected chi connectivity index (χ4v) is 2.61. The lowest BCUT2D eigenvalue weighted by molar-refractivity contribution is 0.157. The van der Waals surface area contributed by atoms with Gasteiger partial charge in [-0.1, -0.05) is 30.3 Å². The van der Waals surface area contributed by atoms with E-state index in [1.54, 1.807) is 0 Å². The van der Waals surface area contributed by atoms with Gasteiger partial charge in [0.25, 0.3) is 0 Å². The Balaban J connectivity index is 2.31. The molecule has 0 saturated carbocycles. The summed E-state index contributed by atoms with van der Waals surface area (Å²) in [6.07, 6.45) is 3.24. The Morgan fingerprint density at radius 3 is 2.60 bits per heavy atom. The van der Waals surface area contributed by atoms with E-state index < -0.39 is 9.84 Å². The molecule has 1 aromatic carbocycles. The van der Waals surface area contributed by atoms with Crippen LogP contribution in [-0.2, 0) is 21.0 Å². The third-order valence-electron chi connectivity index (χ3n) is 3.54. The molecule has 0 amide bonds. The lowest BCUT2D eigenvalue weighted by Gasteiger charge is -2.18. The van der Waals surface area contributed by atoms with Crippen molar-refractivity contribution in [1.82, 2.24) is 10.6 Å². The number of aryl methyl sites for hydroxylation is 1. The summed E-state index contributed by atoms with van der Waals surface area (Å²) >= 11 is 0. The number of benzene rings is 1. The SMILES string of the molecule is CCNC(=NCCOCCS(C)(=O)=O)NC(C)CCc1ccccc1. The van der Waals surface area contributed by atoms with Crippen LogP contribution in [0.4, 0.5) is 0 Å². The topological polar surface area (TPSA) is 79.8 Å². The molecule has 0 saturated heterocycles. The van der Waals surface area contributed by atoms with Crippen molar-refractivity contribution in [2.75, 3.05) is 38.3 Å². The number of guanidine groups is 1. The standard InChI is InChI=1S/C18H31N3O3S/c1-4-19-18(20-12-13-24-14-15-25(3,22)23)21-16(2)10-11-17-8-6-5-7-9-17/h5-9,16H,4,10-15H2,1-3H3,(H2,19,20,21). The average Bonchev–Trinajstić information content (AvgIpc) is 2.56. The summed E-state index contributed by atoms with van der Waals surface area (Å²) < 4.78 is 27.3. The van der Waals surface area contributed by atoms with Crippen LogP contribution in [-0.4, -0.2) is 58.7 Å². The van der Waals surface area contributed by atoms with E-state index in [1.807, 2.05) is 13.0 Å². The van der Waals surface area contributed by atoms with Gasteiger partial charge in [0.1, 0.15) is 9.84 Å². The van der Waals surface area contributed by atoms with E-state index in [0.717, 1.165) is 25.3 Å². The molecule has 1 aromatic rings. The van der Waals surface area contributed by atoms with Gasteiger partial charge in [0, 0.05) is 18.8 Å². The molecule has 142 valence electrons. The summed E-state index contributed by atoms with van der Waals surface area (Å²) in [6.45, 7) is 6.06. The lowest BCUT2D eigenvalue weighted by Crippen LogP contribution is -2.42. The smallest absolute Gasteiger partial charge is 0.191 e. The Morgan fingerprint density at radius 2 is 1.96 bits per heavy atom. The molecule has 0 bridgehead atoms. The molecule has 25 heavy (non-hydrogen) atoms. The fourth-order valence-electron chi connectivity index (χ4n) is 2.19. The number of nitrogens with one attached hydrogen (secondary N) is 2. The number of hydrogen-bond acceptors (Lipinski definition) is 4. The summed E-state index contributed by atoms with van der Waals surface area (Å²) in [5.74, 6) is 0.806. The Kier molecular flexibility index (Phi) is 10.2. The molecular formula is C18H31N3O3S. The fraction of sp³-hybridized carbons (Fsp3) is 0.611. The number of nitrogens with zero attached hydrogens (tertiary/aromatic N) is 1. The molecule has 7 heteroatoms. The molecule has 0 fully saturated rings. The minimum atomic E-state index is -2.97. The van der Waals surface area contributed by atoms with E-state index in [4.69, 9.17) is 4.74 Å². The van der Waals surface area contributed by atoms with Gasteiger partial charge in [-0.15, -0.1) is 0 Å². The van der Waals surface area contributed by atoms with Gasteiger partial charge in [-0.25, -0.2) is 8.42 Å². The maximum absolute atomic E-state index is 11.0. The van der Waals surface area contributed by atoms with Crippen molar-refractivity contribution in [3.63, 3.8) is 0 Å². The number of ether oxygens (including phenoxy) is 1. The van der Waals surface area contributed by atoms with Crippen molar-refractivity contribution >= 4 is 15.8 Å². The number of rotatable bonds is 11. The van der Waals surface area contributed by atoms with Gasteiger partial charge >= 0.3 is 0 Å². The van der Waals surface area contributed by atoms with Crippen molar-refractivity contribution in [3.05, 3.63) is 35.9 Å². The van der Waals surface area contributed by atoms with Crippen molar-refractivity contribution in [2.45, 2.75) is 32.7 Å². The zero-order valence-corrected chi connectivity index (χ0v) is 16.3. The number of hydrogen-bond donors (Lipinski definition) is 2. The number of aliphatic imine (C=N–C) groups is 1. The molecule has 0 radical (unpaired) electrons. The van der Waals surface area contributed by atoms with E-state index >= 15 is 0 Å². The zero-order valence-electron chi connectivity index (χ0n) is 15.5. The van der Waals surface area contributed by atoms with Crippen LogP contribution in [0.2, 0.25) is 0 Å². The van der Waals surface area contributed by atoms with Crippen LogP contribution in [0.15, 0.2) is 35.3 Å². The third-order valence-corrected chi connectivity index (χ3v) is 4.45. The highest BCUT2D eigenvalue weighted by Crippen LogP contribution is 2.04. The van der Waals surface area contributed by atoms with Crippen LogP contribution in [0, 0.1) is 0 Å². The minimum absolute atomic E-state index is 0.0472. The minimum Gasteiger partial charge on any atom is -0.378 e. The monoisotopic (exact) mass is 369 g/mol. The highest BCUT2D eigenvalue weighted by Gasteiger charge is 2.06. The first-order valence-electron chi connectivity index (χ1n) is 8.75. The first-order chi connectivity index (χ1) is 11.9.